The molecule has 0 atom stereocenters. The van der Waals surface area contributed by atoms with E-state index in [1.165, 1.54) is 43.1 Å². The lowest BCUT2D eigenvalue weighted by Crippen LogP contribution is -2.13. The van der Waals surface area contributed by atoms with Crippen molar-refractivity contribution in [3.05, 3.63) is 186 Å². The summed E-state index contributed by atoms with van der Waals surface area (Å²) >= 11 is 0. The summed E-state index contributed by atoms with van der Waals surface area (Å²) in [4.78, 5) is 14.5. The third-order valence-electron chi connectivity index (χ3n) is 12.1. The molecule has 0 amide bonds. The van der Waals surface area contributed by atoms with E-state index in [2.05, 4.69) is 167 Å². The quantitative estimate of drug-likeness (QED) is 0.165. The molecule has 0 N–H and O–H groups in total. The number of rotatable bonds is 2. The molecule has 0 aliphatic heterocycles. The van der Waals surface area contributed by atoms with E-state index in [4.69, 9.17) is 0 Å². The minimum atomic E-state index is 0.00951. The summed E-state index contributed by atoms with van der Waals surface area (Å²) in [6.45, 7) is 0. The fraction of sp³-hybridized carbons (Fsp3) is 0. The fourth-order valence-electron chi connectivity index (χ4n) is 9.86. The highest BCUT2D eigenvalue weighted by atomic mass is 16.1. The van der Waals surface area contributed by atoms with Gasteiger partial charge in [-0.1, -0.05) is 115 Å². The third-order valence-corrected chi connectivity index (χ3v) is 12.1. The highest BCUT2D eigenvalue weighted by molar-refractivity contribution is 6.25. The van der Waals surface area contributed by atoms with E-state index in [1.54, 1.807) is 0 Å². The van der Waals surface area contributed by atoms with E-state index < -0.39 is 0 Å². The first-order valence-corrected chi connectivity index (χ1v) is 18.8. The Bertz CT molecular complexity index is 3860. The zero-order valence-electron chi connectivity index (χ0n) is 29.5. The van der Waals surface area contributed by atoms with Crippen molar-refractivity contribution in [2.24, 2.45) is 0 Å². The van der Waals surface area contributed by atoms with Gasteiger partial charge in [-0.05, 0) is 87.6 Å². The second-order valence-corrected chi connectivity index (χ2v) is 14.8. The van der Waals surface area contributed by atoms with E-state index in [1.807, 2.05) is 22.6 Å². The largest absolute Gasteiger partial charge is 0.309 e. The van der Waals surface area contributed by atoms with Gasteiger partial charge < -0.3 is 9.13 Å². The maximum Gasteiger partial charge on any atom is 0.263 e. The van der Waals surface area contributed by atoms with Gasteiger partial charge in [-0.15, -0.1) is 0 Å². The van der Waals surface area contributed by atoms with Crippen LogP contribution in [0.25, 0.3) is 114 Å². The van der Waals surface area contributed by atoms with Crippen LogP contribution < -0.4 is 5.56 Å². The van der Waals surface area contributed by atoms with Crippen molar-refractivity contribution in [1.82, 2.24) is 13.5 Å². The standard InChI is InChI=1S/C51H29N3O/c55-51-37-16-6-5-15-36(37)41-28-33(53-44-20-10-8-18-39(44)49-35-14-4-2-12-31(35)22-25-47(49)53)29-42-40-27-32(23-26-45(40)54(51)50(41)42)52-43-19-9-7-17-38(43)48-34-13-3-1-11-30(34)21-24-46(48)52/h1-29H. The number of nitrogens with zero attached hydrogens (tertiary/aromatic N) is 3. The van der Waals surface area contributed by atoms with E-state index >= 15 is 0 Å². The first-order chi connectivity index (χ1) is 27.2. The highest BCUT2D eigenvalue weighted by Crippen LogP contribution is 2.43. The molecule has 0 spiro atoms. The highest BCUT2D eigenvalue weighted by Gasteiger charge is 2.22. The van der Waals surface area contributed by atoms with Crippen LogP contribution in [0.1, 0.15) is 0 Å². The van der Waals surface area contributed by atoms with E-state index in [-0.39, 0.29) is 5.56 Å². The van der Waals surface area contributed by atoms with Crippen molar-refractivity contribution in [3.8, 4) is 11.4 Å². The van der Waals surface area contributed by atoms with Gasteiger partial charge in [-0.2, -0.15) is 0 Å². The lowest BCUT2D eigenvalue weighted by atomic mass is 10.0. The molecule has 0 bridgehead atoms. The molecule has 13 rings (SSSR count). The molecule has 9 aromatic carbocycles. The Morgan fingerprint density at radius 3 is 1.38 bits per heavy atom. The summed E-state index contributed by atoms with van der Waals surface area (Å²) in [6.07, 6.45) is 0. The van der Waals surface area contributed by atoms with Crippen LogP contribution in [-0.2, 0) is 0 Å². The van der Waals surface area contributed by atoms with Gasteiger partial charge in [0.05, 0.1) is 33.1 Å². The molecule has 55 heavy (non-hydrogen) atoms. The van der Waals surface area contributed by atoms with Crippen molar-refractivity contribution in [3.63, 3.8) is 0 Å². The van der Waals surface area contributed by atoms with Crippen molar-refractivity contribution in [2.45, 2.75) is 0 Å². The Balaban J connectivity index is 1.19. The predicted molar refractivity (Wildman–Crippen MR) is 231 cm³/mol. The van der Waals surface area contributed by atoms with Crippen molar-refractivity contribution in [1.29, 1.82) is 0 Å². The molecule has 254 valence electrons. The van der Waals surface area contributed by atoms with E-state index in [0.29, 0.717) is 0 Å². The maximum absolute atomic E-state index is 14.5. The van der Waals surface area contributed by atoms with Crippen molar-refractivity contribution < 1.29 is 0 Å². The molecule has 0 fully saturated rings. The van der Waals surface area contributed by atoms with Crippen LogP contribution in [0.5, 0.6) is 0 Å². The Morgan fingerprint density at radius 1 is 0.309 bits per heavy atom. The monoisotopic (exact) mass is 699 g/mol. The average molecular weight is 700 g/mol. The van der Waals surface area contributed by atoms with Crippen LogP contribution in [-0.4, -0.2) is 13.5 Å². The van der Waals surface area contributed by atoms with Crippen LogP contribution in [0.3, 0.4) is 0 Å². The second kappa shape index (κ2) is 10.4. The van der Waals surface area contributed by atoms with Gasteiger partial charge in [-0.25, -0.2) is 0 Å². The Kier molecular flexibility index (Phi) is 5.48. The minimum absolute atomic E-state index is 0.00951. The van der Waals surface area contributed by atoms with Crippen LogP contribution in [0.15, 0.2) is 181 Å². The average Bonchev–Trinajstić information content (AvgIpc) is 3.89. The molecule has 4 aromatic heterocycles. The van der Waals surface area contributed by atoms with E-state index in [9.17, 15) is 4.79 Å². The molecule has 4 heteroatoms. The van der Waals surface area contributed by atoms with E-state index in [0.717, 1.165) is 71.4 Å². The first kappa shape index (κ1) is 29.1. The molecule has 13 aromatic rings. The van der Waals surface area contributed by atoms with Gasteiger partial charge in [0, 0.05) is 54.5 Å². The minimum Gasteiger partial charge on any atom is -0.309 e. The summed E-state index contributed by atoms with van der Waals surface area (Å²) in [5.41, 5.74) is 8.65. The van der Waals surface area contributed by atoms with Crippen LogP contribution in [0.4, 0.5) is 0 Å². The second-order valence-electron chi connectivity index (χ2n) is 14.8. The number of pyridine rings is 1. The molecule has 0 saturated carbocycles. The number of aromatic nitrogens is 3. The first-order valence-electron chi connectivity index (χ1n) is 18.8. The Labute approximate surface area is 313 Å². The third kappa shape index (κ3) is 3.68. The molecule has 0 unspecified atom stereocenters. The summed E-state index contributed by atoms with van der Waals surface area (Å²) in [6, 6.07) is 63.0. The summed E-state index contributed by atoms with van der Waals surface area (Å²) in [5, 5.41) is 14.8. The molecular weight excluding hydrogens is 671 g/mol. The SMILES string of the molecule is O=c1c2ccccc2c2cc(-n3c4ccccc4c4c5ccccc5ccc43)cc3c4cc(-n5c6ccccc6c6c7ccccc7ccc65)ccc4n1c23. The van der Waals surface area contributed by atoms with Crippen molar-refractivity contribution >= 4 is 103 Å². The molecule has 0 radical (unpaired) electrons. The number of hydrogen-bond donors (Lipinski definition) is 0. The number of benzene rings is 9. The summed E-state index contributed by atoms with van der Waals surface area (Å²) in [7, 11) is 0. The Morgan fingerprint density at radius 2 is 0.764 bits per heavy atom. The topological polar surface area (TPSA) is 31.3 Å². The van der Waals surface area contributed by atoms with Gasteiger partial charge >= 0.3 is 0 Å². The van der Waals surface area contributed by atoms with Gasteiger partial charge in [0.25, 0.3) is 5.56 Å². The normalized spacial score (nSPS) is 12.4. The fourth-order valence-corrected chi connectivity index (χ4v) is 9.86. The molecule has 4 heterocycles. The smallest absolute Gasteiger partial charge is 0.263 e. The predicted octanol–water partition coefficient (Wildman–Crippen LogP) is 12.7. The molecule has 4 nitrogen and oxygen atoms in total. The lowest BCUT2D eigenvalue weighted by Gasteiger charge is -2.12. The number of para-hydroxylation sites is 2. The van der Waals surface area contributed by atoms with Gasteiger partial charge in [-0.3, -0.25) is 9.20 Å². The van der Waals surface area contributed by atoms with Crippen LogP contribution >= 0.6 is 0 Å². The Hall–Kier alpha value is -7.43. The molecule has 0 saturated heterocycles. The van der Waals surface area contributed by atoms with Crippen LogP contribution in [0.2, 0.25) is 0 Å². The summed E-state index contributed by atoms with van der Waals surface area (Å²) < 4.78 is 6.75. The van der Waals surface area contributed by atoms with Crippen LogP contribution in [0, 0.1) is 0 Å². The van der Waals surface area contributed by atoms with Gasteiger partial charge in [0.1, 0.15) is 0 Å². The van der Waals surface area contributed by atoms with Gasteiger partial charge in [0.15, 0.2) is 0 Å². The van der Waals surface area contributed by atoms with Gasteiger partial charge in [0.2, 0.25) is 0 Å². The zero-order chi connectivity index (χ0) is 35.9. The lowest BCUT2D eigenvalue weighted by molar-refractivity contribution is 1.17. The molecule has 0 aliphatic carbocycles. The maximum atomic E-state index is 14.5. The number of fused-ring (bicyclic) bond motifs is 15. The van der Waals surface area contributed by atoms with Crippen molar-refractivity contribution in [2.75, 3.05) is 0 Å². The molecular formula is C51H29N3O. The number of hydrogen-bond acceptors (Lipinski definition) is 1. The summed E-state index contributed by atoms with van der Waals surface area (Å²) in [5.74, 6) is 0. The molecule has 0 aliphatic rings. The zero-order valence-corrected chi connectivity index (χ0v) is 29.5.